The predicted molar refractivity (Wildman–Crippen MR) is 76.4 cm³/mol. The van der Waals surface area contributed by atoms with E-state index in [-0.39, 0.29) is 17.3 Å². The fourth-order valence-electron chi connectivity index (χ4n) is 2.12. The van der Waals surface area contributed by atoms with Crippen molar-refractivity contribution in [2.75, 3.05) is 6.54 Å². The summed E-state index contributed by atoms with van der Waals surface area (Å²) >= 11 is 0. The molecule has 2 heteroatoms. The summed E-state index contributed by atoms with van der Waals surface area (Å²) in [6.45, 7) is 11.6. The first kappa shape index (κ1) is 15.2. The zero-order chi connectivity index (χ0) is 13.8. The van der Waals surface area contributed by atoms with Crippen LogP contribution in [-0.2, 0) is 0 Å². The Labute approximate surface area is 111 Å². The van der Waals surface area contributed by atoms with E-state index in [0.717, 1.165) is 18.5 Å². The van der Waals surface area contributed by atoms with Crippen LogP contribution in [0.4, 0.5) is 4.39 Å². The van der Waals surface area contributed by atoms with Gasteiger partial charge in [0.1, 0.15) is 5.82 Å². The van der Waals surface area contributed by atoms with Crippen molar-refractivity contribution in [1.82, 2.24) is 5.32 Å². The minimum absolute atomic E-state index is 0.0699. The lowest BCUT2D eigenvalue weighted by Crippen LogP contribution is -2.39. The first-order valence-electron chi connectivity index (χ1n) is 6.79. The topological polar surface area (TPSA) is 12.0 Å². The number of benzene rings is 1. The average molecular weight is 251 g/mol. The first-order valence-corrected chi connectivity index (χ1v) is 6.79. The smallest absolute Gasteiger partial charge is 0.126 e. The van der Waals surface area contributed by atoms with E-state index in [1.807, 2.05) is 12.1 Å². The second kappa shape index (κ2) is 6.33. The van der Waals surface area contributed by atoms with Crippen molar-refractivity contribution in [2.45, 2.75) is 52.5 Å². The molecule has 0 amide bonds. The van der Waals surface area contributed by atoms with Crippen LogP contribution in [0.15, 0.2) is 24.3 Å². The van der Waals surface area contributed by atoms with E-state index in [9.17, 15) is 4.39 Å². The van der Waals surface area contributed by atoms with E-state index in [1.54, 1.807) is 12.1 Å². The quantitative estimate of drug-likeness (QED) is 0.820. The van der Waals surface area contributed by atoms with Crippen molar-refractivity contribution >= 4 is 0 Å². The summed E-state index contributed by atoms with van der Waals surface area (Å²) in [5.41, 5.74) is 0.906. The fourth-order valence-corrected chi connectivity index (χ4v) is 2.12. The molecule has 1 unspecified atom stereocenters. The Bertz CT molecular complexity index is 366. The Morgan fingerprint density at radius 3 is 2.28 bits per heavy atom. The molecule has 1 rings (SSSR count). The van der Waals surface area contributed by atoms with Crippen LogP contribution in [0.2, 0.25) is 0 Å². The van der Waals surface area contributed by atoms with E-state index in [0.29, 0.717) is 5.92 Å². The van der Waals surface area contributed by atoms with Gasteiger partial charge in [0.05, 0.1) is 0 Å². The molecule has 0 bridgehead atoms. The van der Waals surface area contributed by atoms with Crippen LogP contribution in [0.5, 0.6) is 0 Å². The molecule has 0 radical (unpaired) electrons. The highest BCUT2D eigenvalue weighted by Crippen LogP contribution is 2.26. The summed E-state index contributed by atoms with van der Waals surface area (Å²) in [6, 6.07) is 7.14. The molecule has 18 heavy (non-hydrogen) atoms. The van der Waals surface area contributed by atoms with Crippen LogP contribution in [-0.4, -0.2) is 12.1 Å². The predicted octanol–water partition coefficient (Wildman–Crippen LogP) is 4.34. The molecule has 0 saturated heterocycles. The zero-order valence-electron chi connectivity index (χ0n) is 12.3. The highest BCUT2D eigenvalue weighted by Gasteiger charge is 2.19. The molecule has 0 aliphatic rings. The second-order valence-electron chi connectivity index (χ2n) is 6.48. The molecule has 0 aromatic heterocycles. The lowest BCUT2D eigenvalue weighted by Gasteiger charge is -2.27. The Morgan fingerprint density at radius 2 is 1.78 bits per heavy atom. The van der Waals surface area contributed by atoms with Crippen molar-refractivity contribution in [3.8, 4) is 0 Å². The summed E-state index contributed by atoms with van der Waals surface area (Å²) in [5, 5.41) is 3.49. The van der Waals surface area contributed by atoms with E-state index in [4.69, 9.17) is 0 Å². The lowest BCUT2D eigenvalue weighted by atomic mass is 9.89. The minimum Gasteiger partial charge on any atom is -0.311 e. The molecule has 1 N–H and O–H groups in total. The summed E-state index contributed by atoms with van der Waals surface area (Å²) in [6.07, 6.45) is 1.00. The van der Waals surface area contributed by atoms with Crippen molar-refractivity contribution < 1.29 is 4.39 Å². The summed E-state index contributed by atoms with van der Waals surface area (Å²) < 4.78 is 13.9. The molecule has 0 saturated carbocycles. The standard InChI is InChI=1S/C16H26FN/c1-12(2)10-13(11-18-16(3,4)5)14-8-6-7-9-15(14)17/h6-9,12-13,18H,10-11H2,1-5H3. The van der Waals surface area contributed by atoms with Gasteiger partial charge < -0.3 is 5.32 Å². The van der Waals surface area contributed by atoms with Gasteiger partial charge in [-0.15, -0.1) is 0 Å². The van der Waals surface area contributed by atoms with Crippen LogP contribution in [0.1, 0.15) is 52.5 Å². The number of halogens is 1. The molecule has 0 spiro atoms. The maximum Gasteiger partial charge on any atom is 0.126 e. The summed E-state index contributed by atoms with van der Waals surface area (Å²) in [4.78, 5) is 0. The maximum absolute atomic E-state index is 13.9. The van der Waals surface area contributed by atoms with Crippen molar-refractivity contribution in [3.63, 3.8) is 0 Å². The van der Waals surface area contributed by atoms with Crippen LogP contribution >= 0.6 is 0 Å². The van der Waals surface area contributed by atoms with E-state index in [1.165, 1.54) is 0 Å². The van der Waals surface area contributed by atoms with Crippen molar-refractivity contribution in [2.24, 2.45) is 5.92 Å². The van der Waals surface area contributed by atoms with Crippen molar-refractivity contribution in [1.29, 1.82) is 0 Å². The molecule has 0 fully saturated rings. The van der Waals surface area contributed by atoms with Gasteiger partial charge in [0.2, 0.25) is 0 Å². The summed E-state index contributed by atoms with van der Waals surface area (Å²) in [7, 11) is 0. The highest BCUT2D eigenvalue weighted by atomic mass is 19.1. The SMILES string of the molecule is CC(C)CC(CNC(C)(C)C)c1ccccc1F. The lowest BCUT2D eigenvalue weighted by molar-refractivity contribution is 0.376. The van der Waals surface area contributed by atoms with Gasteiger partial charge in [-0.2, -0.15) is 0 Å². The van der Waals surface area contributed by atoms with Gasteiger partial charge in [0.25, 0.3) is 0 Å². The molecule has 102 valence electrons. The zero-order valence-corrected chi connectivity index (χ0v) is 12.3. The fraction of sp³-hybridized carbons (Fsp3) is 0.625. The molecule has 1 aromatic carbocycles. The van der Waals surface area contributed by atoms with E-state index < -0.39 is 0 Å². The van der Waals surface area contributed by atoms with Gasteiger partial charge >= 0.3 is 0 Å². The van der Waals surface area contributed by atoms with Gasteiger partial charge in [-0.1, -0.05) is 32.0 Å². The van der Waals surface area contributed by atoms with Crippen LogP contribution in [0, 0.1) is 11.7 Å². The molecule has 1 atom stereocenters. The first-order chi connectivity index (χ1) is 8.29. The molecule has 1 nitrogen and oxygen atoms in total. The minimum atomic E-state index is -0.0844. The monoisotopic (exact) mass is 251 g/mol. The molecule has 1 aromatic rings. The van der Waals surface area contributed by atoms with Gasteiger partial charge in [-0.3, -0.25) is 0 Å². The number of hydrogen-bond acceptors (Lipinski definition) is 1. The van der Waals surface area contributed by atoms with Crippen LogP contribution < -0.4 is 5.32 Å². The van der Waals surface area contributed by atoms with Crippen molar-refractivity contribution in [3.05, 3.63) is 35.6 Å². The van der Waals surface area contributed by atoms with E-state index in [2.05, 4.69) is 39.9 Å². The van der Waals surface area contributed by atoms with E-state index >= 15 is 0 Å². The normalized spacial score (nSPS) is 13.9. The van der Waals surface area contributed by atoms with Crippen LogP contribution in [0.3, 0.4) is 0 Å². The Hall–Kier alpha value is -0.890. The Kier molecular flexibility index (Phi) is 5.33. The van der Waals surface area contributed by atoms with Gasteiger partial charge in [0, 0.05) is 12.1 Å². The highest BCUT2D eigenvalue weighted by molar-refractivity contribution is 5.22. The average Bonchev–Trinajstić information content (AvgIpc) is 2.23. The molecule has 0 aliphatic carbocycles. The van der Waals surface area contributed by atoms with Gasteiger partial charge in [-0.05, 0) is 50.7 Å². The molecular weight excluding hydrogens is 225 g/mol. The Morgan fingerprint density at radius 1 is 1.17 bits per heavy atom. The molecule has 0 heterocycles. The Balaban J connectivity index is 2.82. The molecular formula is C16H26FN. The third kappa shape index (κ3) is 5.18. The number of nitrogens with one attached hydrogen (secondary N) is 1. The second-order valence-corrected chi connectivity index (χ2v) is 6.48. The summed E-state index contributed by atoms with van der Waals surface area (Å²) in [5.74, 6) is 0.723. The third-order valence-electron chi connectivity index (χ3n) is 2.98. The molecule has 0 aliphatic heterocycles. The largest absolute Gasteiger partial charge is 0.311 e. The third-order valence-corrected chi connectivity index (χ3v) is 2.98. The van der Waals surface area contributed by atoms with Gasteiger partial charge in [0.15, 0.2) is 0 Å². The number of rotatable bonds is 5. The van der Waals surface area contributed by atoms with Crippen LogP contribution in [0.25, 0.3) is 0 Å². The van der Waals surface area contributed by atoms with Gasteiger partial charge in [-0.25, -0.2) is 4.39 Å². The maximum atomic E-state index is 13.9. The number of hydrogen-bond donors (Lipinski definition) is 1.